The van der Waals surface area contributed by atoms with E-state index in [9.17, 15) is 18.4 Å². The Labute approximate surface area is 128 Å². The van der Waals surface area contributed by atoms with Crippen LogP contribution in [-0.2, 0) is 16.0 Å². The first-order valence-corrected chi connectivity index (χ1v) is 7.30. The summed E-state index contributed by atoms with van der Waals surface area (Å²) in [5, 5.41) is 0. The smallest absolute Gasteiger partial charge is 0.330 e. The molecule has 0 heterocycles. The van der Waals surface area contributed by atoms with Crippen LogP contribution in [0.2, 0.25) is 0 Å². The van der Waals surface area contributed by atoms with Crippen LogP contribution in [0.25, 0.3) is 0 Å². The summed E-state index contributed by atoms with van der Waals surface area (Å²) in [6.45, 7) is 0. The van der Waals surface area contributed by atoms with Crippen molar-refractivity contribution in [3.8, 4) is 0 Å². The minimum absolute atomic E-state index is 0.124. The van der Waals surface area contributed by atoms with E-state index in [1.54, 1.807) is 12.1 Å². The Balaban J connectivity index is 2.51. The summed E-state index contributed by atoms with van der Waals surface area (Å²) in [5.74, 6) is -1.78. The molecule has 0 fully saturated rings. The number of carbonyl (C=O) groups is 2. The second-order valence-corrected chi connectivity index (χ2v) is 6.40. The topological polar surface area (TPSA) is 43.4 Å². The SMILES string of the molecule is [2H]C(F)(F)SC1(C(=O)OC)CCc2cc(Br)ccc2C1=O. The molecule has 0 radical (unpaired) electrons. The molecule has 1 atom stereocenters. The van der Waals surface area contributed by atoms with Gasteiger partial charge in [0.1, 0.15) is 1.37 Å². The standard InChI is InChI=1S/C13H11BrF2O3S/c1-19-11(18)13(20-12(15)16)5-4-7-6-8(14)2-3-9(7)10(13)17/h2-3,6,12H,4-5H2,1H3/i12D. The van der Waals surface area contributed by atoms with Crippen molar-refractivity contribution in [1.82, 2.24) is 0 Å². The third-order valence-corrected chi connectivity index (χ3v) is 4.74. The van der Waals surface area contributed by atoms with Gasteiger partial charge in [0, 0.05) is 10.0 Å². The zero-order valence-electron chi connectivity index (χ0n) is 11.4. The number of alkyl halides is 2. The van der Waals surface area contributed by atoms with E-state index < -0.39 is 22.2 Å². The van der Waals surface area contributed by atoms with Crippen molar-refractivity contribution in [2.75, 3.05) is 7.11 Å². The molecule has 0 N–H and O–H groups in total. The Kier molecular flexibility index (Phi) is 4.07. The molecule has 7 heteroatoms. The molecule has 1 aliphatic rings. The van der Waals surface area contributed by atoms with Crippen LogP contribution < -0.4 is 0 Å². The van der Waals surface area contributed by atoms with Crippen LogP contribution in [0.15, 0.2) is 22.7 Å². The molecular formula is C13H11BrF2O3S. The largest absolute Gasteiger partial charge is 0.468 e. The number of methoxy groups -OCH3 is 1. The van der Waals surface area contributed by atoms with Crippen molar-refractivity contribution in [2.45, 2.75) is 23.3 Å². The van der Waals surface area contributed by atoms with E-state index in [1.807, 2.05) is 0 Å². The lowest BCUT2D eigenvalue weighted by Gasteiger charge is -2.33. The average Bonchev–Trinajstić information content (AvgIpc) is 2.39. The summed E-state index contributed by atoms with van der Waals surface area (Å²) < 4.78 is 36.2. The second kappa shape index (κ2) is 5.81. The maximum absolute atomic E-state index is 13.1. The minimum atomic E-state index is -3.96. The van der Waals surface area contributed by atoms with Gasteiger partial charge >= 0.3 is 5.97 Å². The van der Waals surface area contributed by atoms with Crippen LogP contribution in [0.5, 0.6) is 0 Å². The highest BCUT2D eigenvalue weighted by molar-refractivity contribution is 9.10. The van der Waals surface area contributed by atoms with Gasteiger partial charge in [0.25, 0.3) is 5.73 Å². The number of ether oxygens (including phenoxy) is 1. The molecule has 0 saturated heterocycles. The number of Topliss-reactive ketones (excluding diaryl/α,β-unsaturated/α-hetero) is 1. The van der Waals surface area contributed by atoms with Gasteiger partial charge in [-0.2, -0.15) is 8.78 Å². The third kappa shape index (κ3) is 2.61. The van der Waals surface area contributed by atoms with E-state index in [0.29, 0.717) is 5.56 Å². The maximum atomic E-state index is 13.1. The van der Waals surface area contributed by atoms with Gasteiger partial charge in [-0.25, -0.2) is 0 Å². The maximum Gasteiger partial charge on any atom is 0.330 e. The van der Waals surface area contributed by atoms with E-state index in [-0.39, 0.29) is 30.2 Å². The summed E-state index contributed by atoms with van der Waals surface area (Å²) in [4.78, 5) is 24.5. The van der Waals surface area contributed by atoms with Gasteiger partial charge in [-0.15, -0.1) is 0 Å². The molecule has 0 amide bonds. The highest BCUT2D eigenvalue weighted by atomic mass is 79.9. The summed E-state index contributed by atoms with van der Waals surface area (Å²) in [6.07, 6.45) is 0.153. The van der Waals surface area contributed by atoms with Gasteiger partial charge in [-0.3, -0.25) is 9.59 Å². The normalized spacial score (nSPS) is 23.0. The van der Waals surface area contributed by atoms with E-state index in [4.69, 9.17) is 1.37 Å². The van der Waals surface area contributed by atoms with Crippen LogP contribution >= 0.6 is 27.7 Å². The zero-order chi connectivity index (χ0) is 15.8. The lowest BCUT2D eigenvalue weighted by molar-refractivity contribution is -0.142. The molecule has 20 heavy (non-hydrogen) atoms. The van der Waals surface area contributed by atoms with Crippen LogP contribution in [-0.4, -0.2) is 29.3 Å². The molecule has 0 aromatic heterocycles. The summed E-state index contributed by atoms with van der Waals surface area (Å²) in [5.41, 5.74) is -3.06. The second-order valence-electron chi connectivity index (χ2n) is 4.28. The van der Waals surface area contributed by atoms with E-state index in [0.717, 1.165) is 11.6 Å². The molecule has 1 unspecified atom stereocenters. The first kappa shape index (κ1) is 14.0. The number of aryl methyl sites for hydroxylation is 1. The lowest BCUT2D eigenvalue weighted by atomic mass is 9.82. The Morgan fingerprint density at radius 3 is 2.90 bits per heavy atom. The predicted molar refractivity (Wildman–Crippen MR) is 75.1 cm³/mol. The molecule has 3 nitrogen and oxygen atoms in total. The van der Waals surface area contributed by atoms with Gasteiger partial charge in [0.2, 0.25) is 0 Å². The van der Waals surface area contributed by atoms with Gasteiger partial charge in [0.15, 0.2) is 10.5 Å². The van der Waals surface area contributed by atoms with Crippen molar-refractivity contribution < 1.29 is 24.5 Å². The Morgan fingerprint density at radius 1 is 1.60 bits per heavy atom. The lowest BCUT2D eigenvalue weighted by Crippen LogP contribution is -2.48. The van der Waals surface area contributed by atoms with Crippen LogP contribution in [0.3, 0.4) is 0 Å². The van der Waals surface area contributed by atoms with Crippen molar-refractivity contribution >= 4 is 39.4 Å². The number of halogens is 3. The number of fused-ring (bicyclic) bond motifs is 1. The summed E-state index contributed by atoms with van der Waals surface area (Å²) in [7, 11) is 1.04. The van der Waals surface area contributed by atoms with Gasteiger partial charge in [0.05, 0.1) is 7.11 Å². The van der Waals surface area contributed by atoms with Gasteiger partial charge in [-0.1, -0.05) is 27.7 Å². The van der Waals surface area contributed by atoms with E-state index in [2.05, 4.69) is 20.7 Å². The molecule has 1 aromatic rings. The number of esters is 1. The van der Waals surface area contributed by atoms with E-state index >= 15 is 0 Å². The number of ketones is 1. The average molecular weight is 366 g/mol. The van der Waals surface area contributed by atoms with Crippen LogP contribution in [0.4, 0.5) is 8.78 Å². The van der Waals surface area contributed by atoms with Crippen molar-refractivity contribution in [1.29, 1.82) is 0 Å². The van der Waals surface area contributed by atoms with E-state index in [1.165, 1.54) is 6.07 Å². The fourth-order valence-electron chi connectivity index (χ4n) is 2.26. The summed E-state index contributed by atoms with van der Waals surface area (Å²) in [6, 6.07) is 4.81. The first-order valence-electron chi connectivity index (χ1n) is 6.19. The molecule has 108 valence electrons. The number of benzene rings is 1. The fraction of sp³-hybridized carbons (Fsp3) is 0.385. The fourth-order valence-corrected chi connectivity index (χ4v) is 3.51. The molecule has 0 bridgehead atoms. The zero-order valence-corrected chi connectivity index (χ0v) is 12.8. The number of rotatable bonds is 3. The van der Waals surface area contributed by atoms with Gasteiger partial charge in [-0.05, 0) is 36.6 Å². The third-order valence-electron chi connectivity index (χ3n) is 3.19. The van der Waals surface area contributed by atoms with Crippen molar-refractivity contribution in [2.24, 2.45) is 0 Å². The Hall–Kier alpha value is -0.950. The number of hydrogen-bond acceptors (Lipinski definition) is 4. The highest BCUT2D eigenvalue weighted by Crippen LogP contribution is 2.43. The monoisotopic (exact) mass is 365 g/mol. The van der Waals surface area contributed by atoms with Crippen molar-refractivity contribution in [3.63, 3.8) is 0 Å². The van der Waals surface area contributed by atoms with Crippen LogP contribution in [0, 0.1) is 0 Å². The molecule has 1 aromatic carbocycles. The molecule has 0 saturated carbocycles. The summed E-state index contributed by atoms with van der Waals surface area (Å²) >= 11 is 3.00. The quantitative estimate of drug-likeness (QED) is 0.607. The Bertz CT molecular complexity index is 606. The molecule has 0 aliphatic heterocycles. The number of carbonyl (C=O) groups excluding carboxylic acids is 2. The molecule has 2 rings (SSSR count). The molecule has 1 aliphatic carbocycles. The Morgan fingerprint density at radius 2 is 2.30 bits per heavy atom. The number of thioether (sulfide) groups is 1. The highest BCUT2D eigenvalue weighted by Gasteiger charge is 2.52. The van der Waals surface area contributed by atoms with Gasteiger partial charge < -0.3 is 4.74 Å². The number of hydrogen-bond donors (Lipinski definition) is 0. The van der Waals surface area contributed by atoms with Crippen molar-refractivity contribution in [3.05, 3.63) is 33.8 Å². The van der Waals surface area contributed by atoms with Crippen LogP contribution in [0.1, 0.15) is 23.7 Å². The molecule has 0 spiro atoms. The molecular weight excluding hydrogens is 354 g/mol. The first-order chi connectivity index (χ1) is 9.69. The predicted octanol–water partition coefficient (Wildman–Crippen LogP) is 3.45. The minimum Gasteiger partial charge on any atom is -0.468 e.